The highest BCUT2D eigenvalue weighted by atomic mass is 16.5. The molecule has 31 heavy (non-hydrogen) atoms. The number of benzene rings is 1. The Kier molecular flexibility index (Phi) is 7.11. The van der Waals surface area contributed by atoms with Gasteiger partial charge in [-0.2, -0.15) is 14.8 Å². The molecule has 0 radical (unpaired) electrons. The van der Waals surface area contributed by atoms with Crippen LogP contribution in [0.15, 0.2) is 44.4 Å². The second-order valence-electron chi connectivity index (χ2n) is 7.47. The van der Waals surface area contributed by atoms with Crippen molar-refractivity contribution in [3.05, 3.63) is 57.1 Å². The Morgan fingerprint density at radius 2 is 1.94 bits per heavy atom. The molecule has 1 amide bonds. The van der Waals surface area contributed by atoms with Crippen molar-refractivity contribution in [1.82, 2.24) is 29.8 Å². The molecule has 10 nitrogen and oxygen atoms in total. The van der Waals surface area contributed by atoms with E-state index in [9.17, 15) is 14.4 Å². The lowest BCUT2D eigenvalue weighted by atomic mass is 10.1. The first-order chi connectivity index (χ1) is 14.9. The molecule has 2 aromatic heterocycles. The third kappa shape index (κ3) is 5.33. The van der Waals surface area contributed by atoms with Crippen LogP contribution in [0.5, 0.6) is 0 Å². The van der Waals surface area contributed by atoms with Gasteiger partial charge in [-0.3, -0.25) is 14.2 Å². The summed E-state index contributed by atoms with van der Waals surface area (Å²) in [5.74, 6) is 0.602. The molecular weight excluding hydrogens is 400 g/mol. The molecule has 0 aliphatic rings. The molecule has 0 aliphatic carbocycles. The van der Waals surface area contributed by atoms with Crippen LogP contribution in [-0.2, 0) is 17.8 Å². The van der Waals surface area contributed by atoms with Gasteiger partial charge in [0.2, 0.25) is 17.6 Å². The zero-order valence-electron chi connectivity index (χ0n) is 17.9. The number of para-hydroxylation sites is 1. The maximum atomic E-state index is 12.8. The second kappa shape index (κ2) is 9.96. The largest absolute Gasteiger partial charge is 0.356 e. The summed E-state index contributed by atoms with van der Waals surface area (Å²) in [7, 11) is 0. The van der Waals surface area contributed by atoms with Gasteiger partial charge in [0.1, 0.15) is 0 Å². The molecule has 164 valence electrons. The fourth-order valence-corrected chi connectivity index (χ4v) is 2.93. The Morgan fingerprint density at radius 3 is 2.61 bits per heavy atom. The third-order valence-electron chi connectivity index (χ3n) is 4.67. The molecule has 0 saturated carbocycles. The van der Waals surface area contributed by atoms with Crippen LogP contribution in [0.25, 0.3) is 17.2 Å². The number of nitrogens with zero attached hydrogens (tertiary/aromatic N) is 5. The van der Waals surface area contributed by atoms with E-state index in [4.69, 9.17) is 4.52 Å². The summed E-state index contributed by atoms with van der Waals surface area (Å²) in [6, 6.07) is 8.77. The lowest BCUT2D eigenvalue weighted by Crippen LogP contribution is -2.41. The van der Waals surface area contributed by atoms with Gasteiger partial charge >= 0.3 is 5.69 Å². The van der Waals surface area contributed by atoms with Crippen LogP contribution in [0, 0.1) is 5.92 Å². The summed E-state index contributed by atoms with van der Waals surface area (Å²) in [4.78, 5) is 41.6. The molecule has 0 atom stereocenters. The van der Waals surface area contributed by atoms with E-state index in [2.05, 4.69) is 34.4 Å². The molecule has 0 saturated heterocycles. The van der Waals surface area contributed by atoms with Crippen LogP contribution in [0.2, 0.25) is 0 Å². The van der Waals surface area contributed by atoms with Crippen molar-refractivity contribution in [3.8, 4) is 17.2 Å². The third-order valence-corrected chi connectivity index (χ3v) is 4.67. The Balaban J connectivity index is 1.82. The molecule has 0 bridgehead atoms. The van der Waals surface area contributed by atoms with E-state index in [0.29, 0.717) is 18.2 Å². The molecule has 0 unspecified atom stereocenters. The standard InChI is InChI=1S/C21H26N6O4/c1-4-26-20(29)18(24-27(21(26)30)15-8-6-5-7-9-15)19-23-17(31-25-19)11-10-16(28)22-13-12-14(2)3/h5-9,14H,4,10-13H2,1-3H3,(H,22,28). The highest BCUT2D eigenvalue weighted by Crippen LogP contribution is 2.11. The molecule has 0 fully saturated rings. The van der Waals surface area contributed by atoms with Crippen molar-refractivity contribution in [2.75, 3.05) is 6.54 Å². The maximum Gasteiger partial charge on any atom is 0.352 e. The van der Waals surface area contributed by atoms with Gasteiger partial charge in [0.05, 0.1) is 5.69 Å². The summed E-state index contributed by atoms with van der Waals surface area (Å²) >= 11 is 0. The Labute approximate surface area is 178 Å². The van der Waals surface area contributed by atoms with Crippen LogP contribution in [0.3, 0.4) is 0 Å². The summed E-state index contributed by atoms with van der Waals surface area (Å²) in [5.41, 5.74) is -0.734. The number of hydrogen-bond donors (Lipinski definition) is 1. The highest BCUT2D eigenvalue weighted by Gasteiger charge is 2.20. The van der Waals surface area contributed by atoms with E-state index in [1.54, 1.807) is 31.2 Å². The smallest absolute Gasteiger partial charge is 0.352 e. The Morgan fingerprint density at radius 1 is 1.19 bits per heavy atom. The lowest BCUT2D eigenvalue weighted by Gasteiger charge is -2.09. The SMILES string of the molecule is CCn1c(=O)c(-c2noc(CCC(=O)NCCC(C)C)n2)nn(-c2ccccc2)c1=O. The zero-order chi connectivity index (χ0) is 22.4. The summed E-state index contributed by atoms with van der Waals surface area (Å²) in [5, 5.41) is 10.9. The quantitative estimate of drug-likeness (QED) is 0.550. The zero-order valence-corrected chi connectivity index (χ0v) is 17.9. The number of aryl methyl sites for hydroxylation is 1. The van der Waals surface area contributed by atoms with Gasteiger partial charge in [0.15, 0.2) is 5.69 Å². The number of amides is 1. The molecule has 3 aromatic rings. The van der Waals surface area contributed by atoms with E-state index >= 15 is 0 Å². The minimum absolute atomic E-state index is 0.0212. The number of nitrogens with one attached hydrogen (secondary N) is 1. The highest BCUT2D eigenvalue weighted by molar-refractivity contribution is 5.75. The Hall–Kier alpha value is -3.56. The molecule has 1 aromatic carbocycles. The van der Waals surface area contributed by atoms with Crippen molar-refractivity contribution < 1.29 is 9.32 Å². The molecule has 2 heterocycles. The first kappa shape index (κ1) is 22.1. The molecular formula is C21H26N6O4. The summed E-state index contributed by atoms with van der Waals surface area (Å²) in [6.07, 6.45) is 1.33. The molecule has 1 N–H and O–H groups in total. The van der Waals surface area contributed by atoms with Crippen molar-refractivity contribution >= 4 is 5.91 Å². The first-order valence-corrected chi connectivity index (χ1v) is 10.3. The van der Waals surface area contributed by atoms with Crippen LogP contribution in [-0.4, -0.2) is 36.9 Å². The van der Waals surface area contributed by atoms with E-state index < -0.39 is 11.2 Å². The fraction of sp³-hybridized carbons (Fsp3) is 0.429. The molecule has 3 rings (SSSR count). The van der Waals surface area contributed by atoms with E-state index in [0.717, 1.165) is 15.7 Å². The van der Waals surface area contributed by atoms with Gasteiger partial charge in [-0.1, -0.05) is 37.2 Å². The van der Waals surface area contributed by atoms with E-state index in [1.807, 2.05) is 6.07 Å². The van der Waals surface area contributed by atoms with E-state index in [1.165, 1.54) is 0 Å². The average molecular weight is 426 g/mol. The van der Waals surface area contributed by atoms with Gasteiger partial charge in [-0.25, -0.2) is 4.79 Å². The number of carbonyl (C=O) groups is 1. The van der Waals surface area contributed by atoms with Gasteiger partial charge < -0.3 is 9.84 Å². The summed E-state index contributed by atoms with van der Waals surface area (Å²) < 4.78 is 7.40. The van der Waals surface area contributed by atoms with Gasteiger partial charge in [-0.05, 0) is 31.4 Å². The number of aromatic nitrogens is 5. The predicted octanol–water partition coefficient (Wildman–Crippen LogP) is 1.56. The average Bonchev–Trinajstić information content (AvgIpc) is 3.22. The van der Waals surface area contributed by atoms with Crippen LogP contribution < -0.4 is 16.6 Å². The number of carbonyl (C=O) groups excluding carboxylic acids is 1. The van der Waals surface area contributed by atoms with Gasteiger partial charge in [-0.15, -0.1) is 0 Å². The minimum Gasteiger partial charge on any atom is -0.356 e. The van der Waals surface area contributed by atoms with Crippen molar-refractivity contribution in [3.63, 3.8) is 0 Å². The van der Waals surface area contributed by atoms with Crippen molar-refractivity contribution in [2.24, 2.45) is 5.92 Å². The van der Waals surface area contributed by atoms with Crippen LogP contribution >= 0.6 is 0 Å². The normalized spacial score (nSPS) is 11.1. The molecule has 10 heteroatoms. The predicted molar refractivity (Wildman–Crippen MR) is 114 cm³/mol. The van der Waals surface area contributed by atoms with Crippen LogP contribution in [0.1, 0.15) is 39.5 Å². The first-order valence-electron chi connectivity index (χ1n) is 10.3. The topological polar surface area (TPSA) is 125 Å². The van der Waals surface area contributed by atoms with Crippen molar-refractivity contribution in [1.29, 1.82) is 0 Å². The second-order valence-corrected chi connectivity index (χ2v) is 7.47. The summed E-state index contributed by atoms with van der Waals surface area (Å²) in [6.45, 7) is 6.66. The monoisotopic (exact) mass is 426 g/mol. The number of rotatable bonds is 9. The van der Waals surface area contributed by atoms with Crippen molar-refractivity contribution in [2.45, 2.75) is 46.6 Å². The molecule has 0 spiro atoms. The minimum atomic E-state index is -0.599. The van der Waals surface area contributed by atoms with Gasteiger partial charge in [0, 0.05) is 25.9 Å². The fourth-order valence-electron chi connectivity index (χ4n) is 2.93. The molecule has 0 aliphatic heterocycles. The van der Waals surface area contributed by atoms with Crippen LogP contribution in [0.4, 0.5) is 0 Å². The Bertz CT molecular complexity index is 1150. The maximum absolute atomic E-state index is 12.8. The van der Waals surface area contributed by atoms with Gasteiger partial charge in [0.25, 0.3) is 5.56 Å². The number of hydrogen-bond acceptors (Lipinski definition) is 7. The lowest BCUT2D eigenvalue weighted by molar-refractivity contribution is -0.121. The van der Waals surface area contributed by atoms with E-state index in [-0.39, 0.29) is 42.7 Å².